The van der Waals surface area contributed by atoms with Gasteiger partial charge in [-0.05, 0) is 11.6 Å². The molecule has 1 rings (SSSR count). The van der Waals surface area contributed by atoms with Crippen molar-refractivity contribution in [3.8, 4) is 0 Å². The quantitative estimate of drug-likeness (QED) is 0.712. The van der Waals surface area contributed by atoms with Crippen LogP contribution in [0.25, 0.3) is 0 Å². The smallest absolute Gasteiger partial charge is 0.251 e. The number of benzene rings is 1. The average molecular weight is 268 g/mol. The molecule has 0 aromatic heterocycles. The lowest BCUT2D eigenvalue weighted by Crippen LogP contribution is -2.30. The first-order valence-corrected chi connectivity index (χ1v) is 5.84. The van der Waals surface area contributed by atoms with Gasteiger partial charge < -0.3 is 0 Å². The zero-order valence-electron chi connectivity index (χ0n) is 8.67. The van der Waals surface area contributed by atoms with Crippen LogP contribution in [0.5, 0.6) is 0 Å². The van der Waals surface area contributed by atoms with E-state index in [0.717, 1.165) is 5.56 Å². The summed E-state index contributed by atoms with van der Waals surface area (Å²) in [6, 6.07) is 7.22. The summed E-state index contributed by atoms with van der Waals surface area (Å²) in [5.41, 5.74) is 0.843. The Bertz CT molecular complexity index is 321. The molecule has 0 aliphatic rings. The van der Waals surface area contributed by atoms with Gasteiger partial charge in [0.05, 0.1) is 6.54 Å². The molecule has 0 aliphatic heterocycles. The zero-order chi connectivity index (χ0) is 12.0. The molecule has 0 saturated carbocycles. The van der Waals surface area contributed by atoms with Crippen molar-refractivity contribution < 1.29 is 8.78 Å². The zero-order valence-corrected chi connectivity index (χ0v) is 10.2. The fourth-order valence-corrected chi connectivity index (χ4v) is 1.85. The summed E-state index contributed by atoms with van der Waals surface area (Å²) in [4.78, 5) is 1.60. The fraction of sp³-hybridized carbons (Fsp3) is 0.455. The lowest BCUT2D eigenvalue weighted by atomic mass is 10.2. The highest BCUT2D eigenvalue weighted by Crippen LogP contribution is 2.17. The minimum atomic E-state index is -2.36. The standard InChI is InChI=1S/C11H13Cl2F2N/c12-5-6-16(8-11(14)15)7-9-3-1-2-4-10(9)13/h1-4,11H,5-8H2. The van der Waals surface area contributed by atoms with Gasteiger partial charge in [0.2, 0.25) is 0 Å². The van der Waals surface area contributed by atoms with Crippen molar-refractivity contribution in [3.63, 3.8) is 0 Å². The molecule has 0 radical (unpaired) electrons. The van der Waals surface area contributed by atoms with Crippen molar-refractivity contribution in [1.82, 2.24) is 4.90 Å². The molecule has 0 fully saturated rings. The van der Waals surface area contributed by atoms with Gasteiger partial charge in [-0.1, -0.05) is 29.8 Å². The van der Waals surface area contributed by atoms with E-state index in [1.54, 1.807) is 11.0 Å². The van der Waals surface area contributed by atoms with Crippen LogP contribution in [0.3, 0.4) is 0 Å². The predicted octanol–water partition coefficient (Wildman–Crippen LogP) is 3.65. The Kier molecular flexibility index (Phi) is 6.03. The van der Waals surface area contributed by atoms with E-state index in [1.807, 2.05) is 18.2 Å². The Morgan fingerprint density at radius 3 is 2.50 bits per heavy atom. The number of hydrogen-bond acceptors (Lipinski definition) is 1. The van der Waals surface area contributed by atoms with Gasteiger partial charge >= 0.3 is 0 Å². The number of hydrogen-bond donors (Lipinski definition) is 0. The second-order valence-electron chi connectivity index (χ2n) is 3.41. The third-order valence-electron chi connectivity index (χ3n) is 2.15. The summed E-state index contributed by atoms with van der Waals surface area (Å²) in [6.45, 7) is 0.547. The van der Waals surface area contributed by atoms with Crippen LogP contribution >= 0.6 is 23.2 Å². The SMILES string of the molecule is FC(F)CN(CCCl)Cc1ccccc1Cl. The number of halogens is 4. The van der Waals surface area contributed by atoms with Crippen LogP contribution in [0.1, 0.15) is 5.56 Å². The molecule has 0 heterocycles. The predicted molar refractivity (Wildman–Crippen MR) is 63.5 cm³/mol. The first kappa shape index (κ1) is 13.7. The van der Waals surface area contributed by atoms with Crippen molar-refractivity contribution in [2.24, 2.45) is 0 Å². The maximum atomic E-state index is 12.3. The highest BCUT2D eigenvalue weighted by Gasteiger charge is 2.13. The van der Waals surface area contributed by atoms with E-state index in [9.17, 15) is 8.78 Å². The van der Waals surface area contributed by atoms with Crippen molar-refractivity contribution in [1.29, 1.82) is 0 Å². The maximum Gasteiger partial charge on any atom is 0.251 e. The lowest BCUT2D eigenvalue weighted by molar-refractivity contribution is 0.0878. The molecule has 0 aliphatic carbocycles. The van der Waals surface area contributed by atoms with Gasteiger partial charge in [0.15, 0.2) is 0 Å². The number of alkyl halides is 3. The average Bonchev–Trinajstić information content (AvgIpc) is 2.21. The summed E-state index contributed by atoms with van der Waals surface area (Å²) >= 11 is 11.5. The molecule has 5 heteroatoms. The molecule has 0 atom stereocenters. The third kappa shape index (κ3) is 4.64. The summed E-state index contributed by atoms with van der Waals surface area (Å²) in [7, 11) is 0. The first-order valence-electron chi connectivity index (χ1n) is 4.93. The molecule has 1 aromatic rings. The lowest BCUT2D eigenvalue weighted by Gasteiger charge is -2.21. The Hall–Kier alpha value is -0.380. The molecular formula is C11H13Cl2F2N. The Balaban J connectivity index is 2.64. The number of rotatable bonds is 6. The van der Waals surface area contributed by atoms with Gasteiger partial charge in [0.25, 0.3) is 6.43 Å². The van der Waals surface area contributed by atoms with Gasteiger partial charge in [0.1, 0.15) is 0 Å². The van der Waals surface area contributed by atoms with Crippen molar-refractivity contribution >= 4 is 23.2 Å². The fourth-order valence-electron chi connectivity index (χ4n) is 1.42. The Morgan fingerprint density at radius 1 is 1.25 bits per heavy atom. The van der Waals surface area contributed by atoms with Gasteiger partial charge in [-0.3, -0.25) is 4.90 Å². The Labute approximate surface area is 104 Å². The van der Waals surface area contributed by atoms with Gasteiger partial charge in [0, 0.05) is 24.0 Å². The van der Waals surface area contributed by atoms with Crippen LogP contribution in [0.4, 0.5) is 8.78 Å². The molecule has 0 spiro atoms. The van der Waals surface area contributed by atoms with E-state index in [4.69, 9.17) is 23.2 Å². The normalized spacial score (nSPS) is 11.4. The van der Waals surface area contributed by atoms with Crippen molar-refractivity contribution in [2.75, 3.05) is 19.0 Å². The molecule has 0 saturated heterocycles. The maximum absolute atomic E-state index is 12.3. The molecule has 1 aromatic carbocycles. The second-order valence-corrected chi connectivity index (χ2v) is 4.19. The van der Waals surface area contributed by atoms with Crippen LogP contribution in [0.15, 0.2) is 24.3 Å². The molecule has 16 heavy (non-hydrogen) atoms. The highest BCUT2D eigenvalue weighted by atomic mass is 35.5. The summed E-state index contributed by atoms with van der Waals surface area (Å²) < 4.78 is 24.6. The molecule has 0 amide bonds. The summed E-state index contributed by atoms with van der Waals surface area (Å²) in [5.74, 6) is 0.331. The van der Waals surface area contributed by atoms with Crippen molar-refractivity contribution in [3.05, 3.63) is 34.9 Å². The monoisotopic (exact) mass is 267 g/mol. The highest BCUT2D eigenvalue weighted by molar-refractivity contribution is 6.31. The molecule has 1 nitrogen and oxygen atoms in total. The third-order valence-corrected chi connectivity index (χ3v) is 2.69. The largest absolute Gasteiger partial charge is 0.292 e. The van der Waals surface area contributed by atoms with Gasteiger partial charge in [-0.25, -0.2) is 8.78 Å². The molecular weight excluding hydrogens is 255 g/mol. The number of nitrogens with zero attached hydrogens (tertiary/aromatic N) is 1. The van der Waals surface area contributed by atoms with E-state index >= 15 is 0 Å². The molecule has 0 unspecified atom stereocenters. The van der Waals surface area contributed by atoms with Gasteiger partial charge in [-0.15, -0.1) is 11.6 Å². The van der Waals surface area contributed by atoms with Crippen molar-refractivity contribution in [2.45, 2.75) is 13.0 Å². The van der Waals surface area contributed by atoms with E-state index in [0.29, 0.717) is 24.0 Å². The van der Waals surface area contributed by atoms with Crippen LogP contribution < -0.4 is 0 Å². The minimum absolute atomic E-state index is 0.280. The molecule has 90 valence electrons. The Morgan fingerprint density at radius 2 is 1.94 bits per heavy atom. The van der Waals surface area contributed by atoms with Crippen LogP contribution in [0.2, 0.25) is 5.02 Å². The molecule has 0 N–H and O–H groups in total. The molecule has 0 bridgehead atoms. The second kappa shape index (κ2) is 7.05. The minimum Gasteiger partial charge on any atom is -0.292 e. The van der Waals surface area contributed by atoms with Crippen LogP contribution in [0, 0.1) is 0 Å². The van der Waals surface area contributed by atoms with Gasteiger partial charge in [-0.2, -0.15) is 0 Å². The van der Waals surface area contributed by atoms with Crippen LogP contribution in [-0.2, 0) is 6.54 Å². The van der Waals surface area contributed by atoms with Crippen LogP contribution in [-0.4, -0.2) is 30.3 Å². The van der Waals surface area contributed by atoms with E-state index in [2.05, 4.69) is 0 Å². The van der Waals surface area contributed by atoms with E-state index in [-0.39, 0.29) is 6.54 Å². The van der Waals surface area contributed by atoms with E-state index < -0.39 is 6.43 Å². The summed E-state index contributed by atoms with van der Waals surface area (Å²) in [6.07, 6.45) is -2.36. The topological polar surface area (TPSA) is 3.24 Å². The summed E-state index contributed by atoms with van der Waals surface area (Å²) in [5, 5.41) is 0.594. The van der Waals surface area contributed by atoms with E-state index in [1.165, 1.54) is 0 Å². The first-order chi connectivity index (χ1) is 7.63.